The maximum Gasteiger partial charge on any atom is 0.279 e. The number of benzene rings is 1. The molecule has 1 heterocycles. The Kier molecular flexibility index (Phi) is 3.73. The SMILES string of the molecule is O=C(Cc1ccc(Cl)cc1)N[n+]1ccccc1. The third kappa shape index (κ3) is 3.57. The highest BCUT2D eigenvalue weighted by molar-refractivity contribution is 6.30. The van der Waals surface area contributed by atoms with Crippen molar-refractivity contribution < 1.29 is 9.47 Å². The summed E-state index contributed by atoms with van der Waals surface area (Å²) in [4.78, 5) is 11.7. The van der Waals surface area contributed by atoms with Gasteiger partial charge in [0, 0.05) is 17.2 Å². The first-order valence-corrected chi connectivity index (χ1v) is 5.62. The number of hydrogen-bond acceptors (Lipinski definition) is 1. The average Bonchev–Trinajstić information content (AvgIpc) is 2.33. The molecule has 0 saturated heterocycles. The molecule has 0 saturated carbocycles. The molecule has 1 amide bonds. The molecule has 0 bridgehead atoms. The predicted octanol–water partition coefficient (Wildman–Crippen LogP) is 1.94. The molecule has 0 atom stereocenters. The van der Waals surface area contributed by atoms with Gasteiger partial charge in [-0.3, -0.25) is 4.79 Å². The summed E-state index contributed by atoms with van der Waals surface area (Å²) in [6.45, 7) is 0. The summed E-state index contributed by atoms with van der Waals surface area (Å²) in [5.74, 6) is -0.0662. The third-order valence-electron chi connectivity index (χ3n) is 2.25. The summed E-state index contributed by atoms with van der Waals surface area (Å²) in [5.41, 5.74) is 3.68. The van der Waals surface area contributed by atoms with Gasteiger partial charge in [-0.2, -0.15) is 0 Å². The molecule has 0 unspecified atom stereocenters. The van der Waals surface area contributed by atoms with Crippen LogP contribution in [0.4, 0.5) is 0 Å². The van der Waals surface area contributed by atoms with Crippen molar-refractivity contribution in [3.63, 3.8) is 0 Å². The smallest absolute Gasteiger partial charge is 0.269 e. The van der Waals surface area contributed by atoms with Crippen LogP contribution in [-0.4, -0.2) is 5.91 Å². The molecule has 2 aromatic rings. The van der Waals surface area contributed by atoms with E-state index >= 15 is 0 Å². The molecule has 0 radical (unpaired) electrons. The molecular weight excluding hydrogens is 236 g/mol. The van der Waals surface area contributed by atoms with Crippen LogP contribution in [0.15, 0.2) is 54.9 Å². The summed E-state index contributed by atoms with van der Waals surface area (Å²) in [5, 5.41) is 0.673. The van der Waals surface area contributed by atoms with Gasteiger partial charge in [0.05, 0.1) is 6.42 Å². The van der Waals surface area contributed by atoms with Gasteiger partial charge in [0.2, 0.25) is 0 Å². The van der Waals surface area contributed by atoms with Gasteiger partial charge in [0.25, 0.3) is 5.91 Å². The minimum Gasteiger partial charge on any atom is -0.269 e. The van der Waals surface area contributed by atoms with Crippen molar-refractivity contribution in [3.05, 3.63) is 65.4 Å². The number of pyridine rings is 1. The second-order valence-corrected chi connectivity index (χ2v) is 4.06. The minimum atomic E-state index is -0.0662. The fraction of sp³-hybridized carbons (Fsp3) is 0.0769. The molecule has 2 rings (SSSR count). The Morgan fingerprint density at radius 2 is 1.76 bits per heavy atom. The molecule has 0 fully saturated rings. The lowest BCUT2D eigenvalue weighted by Crippen LogP contribution is -2.48. The van der Waals surface area contributed by atoms with Crippen molar-refractivity contribution >= 4 is 17.5 Å². The number of carbonyl (C=O) groups is 1. The molecule has 0 aliphatic heterocycles. The number of carbonyl (C=O) groups excluding carboxylic acids is 1. The van der Waals surface area contributed by atoms with E-state index in [1.165, 1.54) is 0 Å². The van der Waals surface area contributed by atoms with Crippen LogP contribution in [0.2, 0.25) is 5.02 Å². The van der Waals surface area contributed by atoms with Crippen LogP contribution in [0.3, 0.4) is 0 Å². The number of nitrogens with zero attached hydrogens (tertiary/aromatic N) is 1. The zero-order valence-electron chi connectivity index (χ0n) is 9.14. The molecule has 86 valence electrons. The molecule has 0 aliphatic carbocycles. The van der Waals surface area contributed by atoms with E-state index in [2.05, 4.69) is 5.43 Å². The van der Waals surface area contributed by atoms with Crippen molar-refractivity contribution in [2.45, 2.75) is 6.42 Å². The standard InChI is InChI=1S/C13H11ClN2O/c14-12-6-4-11(5-7-12)10-13(17)15-16-8-2-1-3-9-16/h1-9H,10H2/p+1. The summed E-state index contributed by atoms with van der Waals surface area (Å²) >= 11 is 5.77. The van der Waals surface area contributed by atoms with E-state index in [1.54, 1.807) is 29.2 Å². The molecule has 17 heavy (non-hydrogen) atoms. The van der Waals surface area contributed by atoms with E-state index in [4.69, 9.17) is 11.6 Å². The fourth-order valence-electron chi connectivity index (χ4n) is 1.44. The monoisotopic (exact) mass is 247 g/mol. The van der Waals surface area contributed by atoms with Crippen molar-refractivity contribution in [2.75, 3.05) is 5.43 Å². The van der Waals surface area contributed by atoms with E-state index in [0.717, 1.165) is 5.56 Å². The van der Waals surface area contributed by atoms with Gasteiger partial charge >= 0.3 is 0 Å². The Bertz CT molecular complexity index is 497. The topological polar surface area (TPSA) is 33.0 Å². The summed E-state index contributed by atoms with van der Waals surface area (Å²) in [6.07, 6.45) is 3.89. The van der Waals surface area contributed by atoms with Crippen molar-refractivity contribution in [3.8, 4) is 0 Å². The second-order valence-electron chi connectivity index (χ2n) is 3.62. The molecular formula is C13H12ClN2O+. The second kappa shape index (κ2) is 5.46. The molecule has 0 spiro atoms. The number of halogens is 1. The van der Waals surface area contributed by atoms with E-state index in [-0.39, 0.29) is 5.91 Å². The molecule has 3 nitrogen and oxygen atoms in total. The first-order chi connectivity index (χ1) is 8.24. The van der Waals surface area contributed by atoms with Gasteiger partial charge in [0.15, 0.2) is 12.4 Å². The Balaban J connectivity index is 1.96. The highest BCUT2D eigenvalue weighted by atomic mass is 35.5. The maximum atomic E-state index is 11.7. The van der Waals surface area contributed by atoms with Crippen LogP contribution < -0.4 is 10.1 Å². The lowest BCUT2D eigenvalue weighted by Gasteiger charge is -2.00. The molecule has 1 aromatic carbocycles. The number of nitrogens with one attached hydrogen (secondary N) is 1. The van der Waals surface area contributed by atoms with Gasteiger partial charge < -0.3 is 0 Å². The van der Waals surface area contributed by atoms with Gasteiger partial charge in [-0.1, -0.05) is 34.5 Å². The van der Waals surface area contributed by atoms with Crippen molar-refractivity contribution in [1.29, 1.82) is 0 Å². The van der Waals surface area contributed by atoms with Crippen molar-refractivity contribution in [2.24, 2.45) is 0 Å². The van der Waals surface area contributed by atoms with Crippen LogP contribution in [0, 0.1) is 0 Å². The number of amides is 1. The summed E-state index contributed by atoms with van der Waals surface area (Å²) in [6, 6.07) is 12.8. The van der Waals surface area contributed by atoms with E-state index in [1.807, 2.05) is 30.3 Å². The van der Waals surface area contributed by atoms with Gasteiger partial charge in [-0.05, 0) is 17.7 Å². The Morgan fingerprint density at radius 1 is 1.12 bits per heavy atom. The number of rotatable bonds is 3. The first kappa shape index (κ1) is 11.6. The van der Waals surface area contributed by atoms with E-state index in [9.17, 15) is 4.79 Å². The Labute approximate surface area is 105 Å². The highest BCUT2D eigenvalue weighted by Gasteiger charge is 2.07. The summed E-state index contributed by atoms with van der Waals surface area (Å²) < 4.78 is 1.62. The number of aromatic nitrogens is 1. The van der Waals surface area contributed by atoms with Crippen LogP contribution in [0.5, 0.6) is 0 Å². The zero-order chi connectivity index (χ0) is 12.1. The lowest BCUT2D eigenvalue weighted by molar-refractivity contribution is -0.642. The Morgan fingerprint density at radius 3 is 2.41 bits per heavy atom. The first-order valence-electron chi connectivity index (χ1n) is 5.24. The van der Waals surface area contributed by atoms with Gasteiger partial charge in [-0.25, -0.2) is 0 Å². The van der Waals surface area contributed by atoms with Crippen LogP contribution in [0.1, 0.15) is 5.56 Å². The quantitative estimate of drug-likeness (QED) is 0.827. The largest absolute Gasteiger partial charge is 0.279 e. The predicted molar refractivity (Wildman–Crippen MR) is 66.2 cm³/mol. The maximum absolute atomic E-state index is 11.7. The molecule has 0 aliphatic rings. The molecule has 4 heteroatoms. The summed E-state index contributed by atoms with van der Waals surface area (Å²) in [7, 11) is 0. The van der Waals surface area contributed by atoms with Crippen LogP contribution in [0.25, 0.3) is 0 Å². The normalized spacial score (nSPS) is 9.94. The van der Waals surface area contributed by atoms with Crippen molar-refractivity contribution in [1.82, 2.24) is 0 Å². The number of hydrogen-bond donors (Lipinski definition) is 1. The lowest BCUT2D eigenvalue weighted by atomic mass is 10.1. The van der Waals surface area contributed by atoms with E-state index in [0.29, 0.717) is 11.4 Å². The zero-order valence-corrected chi connectivity index (χ0v) is 9.89. The van der Waals surface area contributed by atoms with Crippen LogP contribution >= 0.6 is 11.6 Å². The van der Waals surface area contributed by atoms with Crippen LogP contribution in [-0.2, 0) is 11.2 Å². The van der Waals surface area contributed by atoms with Gasteiger partial charge in [-0.15, -0.1) is 5.43 Å². The Hall–Kier alpha value is -1.87. The average molecular weight is 248 g/mol. The molecule has 1 aromatic heterocycles. The molecule has 1 N–H and O–H groups in total. The van der Waals surface area contributed by atoms with Gasteiger partial charge in [0.1, 0.15) is 0 Å². The highest BCUT2D eigenvalue weighted by Crippen LogP contribution is 2.09. The minimum absolute atomic E-state index is 0.0662. The fourth-order valence-corrected chi connectivity index (χ4v) is 1.57. The van der Waals surface area contributed by atoms with E-state index < -0.39 is 0 Å². The third-order valence-corrected chi connectivity index (χ3v) is 2.50.